The van der Waals surface area contributed by atoms with Gasteiger partial charge in [0, 0.05) is 47.7 Å². The highest BCUT2D eigenvalue weighted by Gasteiger charge is 2.49. The highest BCUT2D eigenvalue weighted by Crippen LogP contribution is 2.45. The third-order valence-corrected chi connectivity index (χ3v) is 7.79. The van der Waals surface area contributed by atoms with E-state index in [2.05, 4.69) is 26.5 Å². The molecule has 3 unspecified atom stereocenters. The van der Waals surface area contributed by atoms with Gasteiger partial charge in [0.25, 0.3) is 0 Å². The molecule has 7 N–H and O–H groups in total. The summed E-state index contributed by atoms with van der Waals surface area (Å²) in [5.74, 6) is 6.68. The summed E-state index contributed by atoms with van der Waals surface area (Å²) < 4.78 is 20.7. The molecule has 3 atom stereocenters. The number of nitrogens with zero attached hydrogens (tertiary/aromatic N) is 3. The molecule has 36 heavy (non-hydrogen) atoms. The van der Waals surface area contributed by atoms with Crippen LogP contribution in [0.2, 0.25) is 5.02 Å². The van der Waals surface area contributed by atoms with Crippen molar-refractivity contribution in [3.8, 4) is 11.3 Å². The molecule has 6 rings (SSSR count). The lowest BCUT2D eigenvalue weighted by molar-refractivity contribution is 0.204. The van der Waals surface area contributed by atoms with Gasteiger partial charge < -0.3 is 20.6 Å². The minimum atomic E-state index is -0.366. The quantitative estimate of drug-likeness (QED) is 0.135. The summed E-state index contributed by atoms with van der Waals surface area (Å²) in [5.41, 5.74) is 15.0. The van der Waals surface area contributed by atoms with Crippen LogP contribution in [-0.2, 0) is 6.54 Å². The second kappa shape index (κ2) is 9.36. The summed E-state index contributed by atoms with van der Waals surface area (Å²) in [7, 11) is 0. The fourth-order valence-electron chi connectivity index (χ4n) is 5.33. The normalized spacial score (nSPS) is 23.5. The van der Waals surface area contributed by atoms with Gasteiger partial charge in [0.1, 0.15) is 17.3 Å². The molecule has 0 amide bonds. The Balaban J connectivity index is 1.15. The zero-order valence-corrected chi connectivity index (χ0v) is 20.3. The van der Waals surface area contributed by atoms with Crippen molar-refractivity contribution in [3.05, 3.63) is 70.2 Å². The molecular weight excluding hydrogens is 483 g/mol. The largest absolute Gasteiger partial charge is 0.382 e. The number of nitrogens with two attached hydrogens (primary N) is 2. The summed E-state index contributed by atoms with van der Waals surface area (Å²) in [4.78, 5) is 0. The van der Waals surface area contributed by atoms with E-state index in [1.165, 1.54) is 6.07 Å². The van der Waals surface area contributed by atoms with Crippen LogP contribution in [0.15, 0.2) is 52.1 Å². The SMILES string of the molecule is NN/N=C(\N)c1ccc(N2NCC3C(NCc4c(-c5ccccc5Cl)noc4C4CC4)CC32)c(F)c1. The van der Waals surface area contributed by atoms with E-state index in [0.29, 0.717) is 40.7 Å². The van der Waals surface area contributed by atoms with Gasteiger partial charge in [-0.1, -0.05) is 35.0 Å². The topological polar surface area (TPSA) is 130 Å². The smallest absolute Gasteiger partial charge is 0.152 e. The van der Waals surface area contributed by atoms with Crippen molar-refractivity contribution in [1.82, 2.24) is 21.4 Å². The molecule has 0 radical (unpaired) electrons. The van der Waals surface area contributed by atoms with Crippen molar-refractivity contribution in [2.75, 3.05) is 11.6 Å². The molecule has 1 aromatic heterocycles. The Bertz CT molecular complexity index is 1310. The molecule has 0 bridgehead atoms. The highest BCUT2D eigenvalue weighted by atomic mass is 35.5. The van der Waals surface area contributed by atoms with Crippen LogP contribution in [0.3, 0.4) is 0 Å². The third-order valence-electron chi connectivity index (χ3n) is 7.46. The number of rotatable bonds is 8. The predicted octanol–water partition coefficient (Wildman–Crippen LogP) is 2.97. The van der Waals surface area contributed by atoms with E-state index >= 15 is 0 Å². The lowest BCUT2D eigenvalue weighted by Gasteiger charge is -2.43. The average molecular weight is 511 g/mol. The number of hydrazine groups is 2. The van der Waals surface area contributed by atoms with E-state index in [-0.39, 0.29) is 17.7 Å². The molecule has 11 heteroatoms. The van der Waals surface area contributed by atoms with Crippen molar-refractivity contribution in [3.63, 3.8) is 0 Å². The second-order valence-electron chi connectivity index (χ2n) is 9.61. The second-order valence-corrected chi connectivity index (χ2v) is 10.0. The maximum atomic E-state index is 14.9. The summed E-state index contributed by atoms with van der Waals surface area (Å²) in [6.07, 6.45) is 3.15. The molecule has 1 saturated heterocycles. The molecule has 9 nitrogen and oxygen atoms in total. The van der Waals surface area contributed by atoms with E-state index in [9.17, 15) is 4.39 Å². The maximum absolute atomic E-state index is 14.9. The Hall–Kier alpha value is -3.18. The third kappa shape index (κ3) is 4.09. The van der Waals surface area contributed by atoms with E-state index in [4.69, 9.17) is 27.7 Å². The molecule has 3 fully saturated rings. The fourth-order valence-corrected chi connectivity index (χ4v) is 5.55. The minimum Gasteiger partial charge on any atom is -0.382 e. The molecular formula is C25H28ClFN8O. The first-order valence-corrected chi connectivity index (χ1v) is 12.5. The van der Waals surface area contributed by atoms with Gasteiger partial charge in [-0.25, -0.2) is 21.2 Å². The van der Waals surface area contributed by atoms with Gasteiger partial charge in [0.15, 0.2) is 5.84 Å². The molecule has 2 aliphatic carbocycles. The first-order valence-electron chi connectivity index (χ1n) is 12.1. The standard InChI is InChI=1S/C25H28ClFN8O/c26-18-4-2-1-3-15(18)23-17(24(36-33-23)13-5-6-13)11-30-20-10-22-16(20)12-31-35(22)21-8-7-14(9-19(21)27)25(28)32-34-29/h1-4,7-9,13,16,20,22,30-31,34H,5-6,10-12,29H2,(H2,28,32). The highest BCUT2D eigenvalue weighted by molar-refractivity contribution is 6.33. The van der Waals surface area contributed by atoms with Crippen molar-refractivity contribution < 1.29 is 8.91 Å². The lowest BCUT2D eigenvalue weighted by atomic mass is 9.75. The van der Waals surface area contributed by atoms with Crippen LogP contribution in [0.5, 0.6) is 0 Å². The maximum Gasteiger partial charge on any atom is 0.152 e. The Kier molecular flexibility index (Phi) is 6.04. The number of fused-ring (bicyclic) bond motifs is 1. The molecule has 2 saturated carbocycles. The van der Waals surface area contributed by atoms with Gasteiger partial charge in [-0.3, -0.25) is 0 Å². The number of nitrogens with one attached hydrogen (secondary N) is 3. The molecule has 3 aliphatic rings. The average Bonchev–Trinajstić information content (AvgIpc) is 3.54. The van der Waals surface area contributed by atoms with Crippen LogP contribution < -0.4 is 32.9 Å². The van der Waals surface area contributed by atoms with Crippen LogP contribution >= 0.6 is 11.6 Å². The summed E-state index contributed by atoms with van der Waals surface area (Å²) in [6.45, 7) is 1.42. The molecule has 1 aliphatic heterocycles. The predicted molar refractivity (Wildman–Crippen MR) is 136 cm³/mol. The number of halogens is 2. The molecule has 3 aromatic rings. The van der Waals surface area contributed by atoms with Gasteiger partial charge in [-0.15, -0.1) is 5.10 Å². The van der Waals surface area contributed by atoms with Crippen LogP contribution in [0.4, 0.5) is 10.1 Å². The van der Waals surface area contributed by atoms with Crippen molar-refractivity contribution in [1.29, 1.82) is 0 Å². The number of amidine groups is 1. The Morgan fingerprint density at radius 1 is 1.28 bits per heavy atom. The number of hydrogen-bond acceptors (Lipinski definition) is 8. The number of benzene rings is 2. The molecule has 2 heterocycles. The van der Waals surface area contributed by atoms with Gasteiger partial charge in [0.2, 0.25) is 0 Å². The zero-order chi connectivity index (χ0) is 24.8. The molecule has 2 aromatic carbocycles. The van der Waals surface area contributed by atoms with Crippen molar-refractivity contribution in [2.24, 2.45) is 22.6 Å². The van der Waals surface area contributed by atoms with E-state index in [1.54, 1.807) is 12.1 Å². The van der Waals surface area contributed by atoms with Gasteiger partial charge in [0.05, 0.1) is 16.8 Å². The summed E-state index contributed by atoms with van der Waals surface area (Å²) in [6, 6.07) is 13.0. The number of hydrazone groups is 1. The van der Waals surface area contributed by atoms with E-state index in [0.717, 1.165) is 48.4 Å². The molecule has 188 valence electrons. The van der Waals surface area contributed by atoms with Gasteiger partial charge >= 0.3 is 0 Å². The lowest BCUT2D eigenvalue weighted by Crippen LogP contribution is -2.56. The van der Waals surface area contributed by atoms with Gasteiger partial charge in [-0.05, 0) is 43.5 Å². The summed E-state index contributed by atoms with van der Waals surface area (Å²) in [5, 5.41) is 14.4. The summed E-state index contributed by atoms with van der Waals surface area (Å²) >= 11 is 6.47. The Labute approximate surface area is 213 Å². The van der Waals surface area contributed by atoms with Gasteiger partial charge in [-0.2, -0.15) is 0 Å². The van der Waals surface area contributed by atoms with Crippen LogP contribution in [0.25, 0.3) is 11.3 Å². The number of anilines is 1. The fraction of sp³-hybridized carbons (Fsp3) is 0.360. The Morgan fingerprint density at radius 3 is 2.86 bits per heavy atom. The first-order chi connectivity index (χ1) is 17.5. The van der Waals surface area contributed by atoms with Crippen LogP contribution in [-0.4, -0.2) is 29.6 Å². The first kappa shape index (κ1) is 23.2. The Morgan fingerprint density at radius 2 is 2.11 bits per heavy atom. The monoisotopic (exact) mass is 510 g/mol. The number of aromatic nitrogens is 1. The van der Waals surface area contributed by atoms with E-state index in [1.807, 2.05) is 29.3 Å². The van der Waals surface area contributed by atoms with Crippen molar-refractivity contribution in [2.45, 2.75) is 43.8 Å². The zero-order valence-electron chi connectivity index (χ0n) is 19.5. The number of hydrogen-bond donors (Lipinski definition) is 5. The van der Waals surface area contributed by atoms with E-state index < -0.39 is 0 Å². The minimum absolute atomic E-state index is 0.124. The molecule has 0 spiro atoms. The van der Waals surface area contributed by atoms with Crippen molar-refractivity contribution >= 4 is 23.1 Å². The van der Waals surface area contributed by atoms with Crippen LogP contribution in [0, 0.1) is 11.7 Å². The van der Waals surface area contributed by atoms with Crippen LogP contribution in [0.1, 0.15) is 42.1 Å².